The Kier molecular flexibility index (Phi) is 10.7. The molecular weight excluding hydrogens is 430 g/mol. The van der Waals surface area contributed by atoms with Gasteiger partial charge in [0.1, 0.15) is 11.5 Å². The number of benzene rings is 2. The predicted molar refractivity (Wildman–Crippen MR) is 153 cm³/mol. The van der Waals surface area contributed by atoms with Crippen molar-refractivity contribution in [2.75, 3.05) is 19.1 Å². The molecule has 35 heavy (non-hydrogen) atoms. The lowest BCUT2D eigenvalue weighted by Crippen LogP contribution is -2.12. The van der Waals surface area contributed by atoms with Gasteiger partial charge in [0.25, 0.3) is 0 Å². The summed E-state index contributed by atoms with van der Waals surface area (Å²) in [5.74, 6) is 2.17. The Morgan fingerprint density at radius 1 is 0.914 bits per heavy atom. The number of methoxy groups -OCH3 is 2. The van der Waals surface area contributed by atoms with Crippen LogP contribution >= 0.6 is 0 Å². The third-order valence-electron chi connectivity index (χ3n) is 6.78. The number of anilines is 2. The molecule has 0 aromatic heterocycles. The average Bonchev–Trinajstić information content (AvgIpc) is 2.86. The summed E-state index contributed by atoms with van der Waals surface area (Å²) in [5.41, 5.74) is 9.64. The molecular formula is C32H45NO2. The number of rotatable bonds is 11. The summed E-state index contributed by atoms with van der Waals surface area (Å²) in [6.07, 6.45) is 10.1. The Labute approximate surface area is 214 Å². The van der Waals surface area contributed by atoms with Crippen molar-refractivity contribution < 1.29 is 9.47 Å². The number of hydrogen-bond donors (Lipinski definition) is 0. The SMILES string of the molecule is CC/C(C)=C\C(=C/C(C)CC)c1ccc(N(/C=C(/C)CC)c2cc(OC)c(C)c(OC)c2)c(C)c1. The van der Waals surface area contributed by atoms with Crippen molar-refractivity contribution in [2.45, 2.75) is 74.7 Å². The Morgan fingerprint density at radius 3 is 2.00 bits per heavy atom. The van der Waals surface area contributed by atoms with E-state index in [-0.39, 0.29) is 0 Å². The summed E-state index contributed by atoms with van der Waals surface area (Å²) >= 11 is 0. The molecule has 0 saturated heterocycles. The Hall–Kier alpha value is -2.94. The van der Waals surface area contributed by atoms with E-state index in [0.717, 1.165) is 47.7 Å². The third kappa shape index (κ3) is 7.27. The summed E-state index contributed by atoms with van der Waals surface area (Å²) in [5, 5.41) is 0. The highest BCUT2D eigenvalue weighted by Gasteiger charge is 2.16. The van der Waals surface area contributed by atoms with Gasteiger partial charge in [0.05, 0.1) is 19.9 Å². The maximum absolute atomic E-state index is 5.68. The second kappa shape index (κ2) is 13.2. The molecule has 2 aromatic carbocycles. The summed E-state index contributed by atoms with van der Waals surface area (Å²) in [7, 11) is 3.42. The zero-order valence-corrected chi connectivity index (χ0v) is 23.6. The van der Waals surface area contributed by atoms with E-state index >= 15 is 0 Å². The zero-order valence-electron chi connectivity index (χ0n) is 23.6. The summed E-state index contributed by atoms with van der Waals surface area (Å²) < 4.78 is 11.4. The van der Waals surface area contributed by atoms with Gasteiger partial charge in [-0.05, 0) is 75.3 Å². The van der Waals surface area contributed by atoms with E-state index in [1.807, 2.05) is 6.92 Å². The van der Waals surface area contributed by atoms with Crippen molar-refractivity contribution in [1.29, 1.82) is 0 Å². The minimum Gasteiger partial charge on any atom is -0.496 e. The van der Waals surface area contributed by atoms with Crippen LogP contribution in [0.5, 0.6) is 11.5 Å². The molecule has 0 amide bonds. The van der Waals surface area contributed by atoms with Crippen molar-refractivity contribution in [3.63, 3.8) is 0 Å². The average molecular weight is 476 g/mol. The van der Waals surface area contributed by atoms with Crippen LogP contribution in [0.2, 0.25) is 0 Å². The molecule has 2 aromatic rings. The quantitative estimate of drug-likeness (QED) is 0.302. The van der Waals surface area contributed by atoms with Crippen molar-refractivity contribution in [3.8, 4) is 11.5 Å². The smallest absolute Gasteiger partial charge is 0.127 e. The molecule has 0 spiro atoms. The summed E-state index contributed by atoms with van der Waals surface area (Å²) in [4.78, 5) is 2.26. The number of ether oxygens (including phenoxy) is 2. The van der Waals surface area contributed by atoms with E-state index in [9.17, 15) is 0 Å². The molecule has 0 aliphatic heterocycles. The molecule has 0 N–H and O–H groups in total. The molecule has 1 atom stereocenters. The second-order valence-corrected chi connectivity index (χ2v) is 9.53. The first-order chi connectivity index (χ1) is 16.7. The van der Waals surface area contributed by atoms with E-state index in [1.165, 1.54) is 27.8 Å². The van der Waals surface area contributed by atoms with E-state index in [4.69, 9.17) is 9.47 Å². The Balaban J connectivity index is 2.69. The van der Waals surface area contributed by atoms with Gasteiger partial charge in [0, 0.05) is 29.6 Å². The molecule has 190 valence electrons. The fourth-order valence-corrected chi connectivity index (χ4v) is 3.93. The lowest BCUT2D eigenvalue weighted by Gasteiger charge is -2.26. The van der Waals surface area contributed by atoms with E-state index in [0.29, 0.717) is 5.92 Å². The lowest BCUT2D eigenvalue weighted by molar-refractivity contribution is 0.389. The highest BCUT2D eigenvalue weighted by atomic mass is 16.5. The number of allylic oxidation sites excluding steroid dienone is 5. The van der Waals surface area contributed by atoms with Gasteiger partial charge in [-0.3, -0.25) is 0 Å². The van der Waals surface area contributed by atoms with Gasteiger partial charge >= 0.3 is 0 Å². The molecule has 0 bridgehead atoms. The lowest BCUT2D eigenvalue weighted by atomic mass is 9.95. The molecule has 3 nitrogen and oxygen atoms in total. The van der Waals surface area contributed by atoms with E-state index in [1.54, 1.807) is 14.2 Å². The highest BCUT2D eigenvalue weighted by Crippen LogP contribution is 2.39. The number of nitrogens with zero attached hydrogens (tertiary/aromatic N) is 1. The molecule has 0 radical (unpaired) electrons. The number of hydrogen-bond acceptors (Lipinski definition) is 3. The van der Waals surface area contributed by atoms with Gasteiger partial charge in [-0.25, -0.2) is 0 Å². The molecule has 0 heterocycles. The summed E-state index contributed by atoms with van der Waals surface area (Å²) in [6, 6.07) is 11.0. The van der Waals surface area contributed by atoms with Crippen LogP contribution in [0.25, 0.3) is 5.57 Å². The first-order valence-electron chi connectivity index (χ1n) is 12.9. The van der Waals surface area contributed by atoms with Gasteiger partial charge < -0.3 is 14.4 Å². The van der Waals surface area contributed by atoms with Gasteiger partial charge in [0.15, 0.2) is 0 Å². The van der Waals surface area contributed by atoms with Crippen molar-refractivity contribution in [2.24, 2.45) is 5.92 Å². The Morgan fingerprint density at radius 2 is 1.51 bits per heavy atom. The normalized spacial score (nSPS) is 13.6. The minimum absolute atomic E-state index is 0.532. The minimum atomic E-state index is 0.532. The molecule has 1 unspecified atom stereocenters. The van der Waals surface area contributed by atoms with E-state index in [2.05, 4.69) is 102 Å². The van der Waals surface area contributed by atoms with Crippen LogP contribution in [-0.2, 0) is 0 Å². The first-order valence-corrected chi connectivity index (χ1v) is 12.9. The fraction of sp³-hybridized carbons (Fsp3) is 0.438. The van der Waals surface area contributed by atoms with Crippen LogP contribution in [-0.4, -0.2) is 14.2 Å². The largest absolute Gasteiger partial charge is 0.496 e. The number of aryl methyl sites for hydroxylation is 1. The topological polar surface area (TPSA) is 21.7 Å². The van der Waals surface area contributed by atoms with Crippen LogP contribution in [0.3, 0.4) is 0 Å². The van der Waals surface area contributed by atoms with Crippen molar-refractivity contribution in [1.82, 2.24) is 0 Å². The first kappa shape index (κ1) is 28.3. The van der Waals surface area contributed by atoms with Gasteiger partial charge in [0.2, 0.25) is 0 Å². The third-order valence-corrected chi connectivity index (χ3v) is 6.78. The standard InChI is InChI=1S/C32H45NO2/c1-11-22(4)16-28(17-23(5)12-2)27-14-15-30(25(7)18-27)33(21-24(6)13-3)29-19-31(34-9)26(8)32(20-29)35-10/h14-22H,11-13H2,1-10H3/b23-17-,24-21-,28-16+. The molecule has 2 rings (SSSR count). The predicted octanol–water partition coefficient (Wildman–Crippen LogP) is 9.56. The van der Waals surface area contributed by atoms with Crippen LogP contribution < -0.4 is 14.4 Å². The van der Waals surface area contributed by atoms with Gasteiger partial charge in [-0.15, -0.1) is 0 Å². The van der Waals surface area contributed by atoms with Crippen LogP contribution in [0, 0.1) is 19.8 Å². The molecule has 0 aliphatic rings. The summed E-state index contributed by atoms with van der Waals surface area (Å²) in [6.45, 7) is 17.5. The molecule has 0 fully saturated rings. The zero-order chi connectivity index (χ0) is 26.1. The fourth-order valence-electron chi connectivity index (χ4n) is 3.93. The van der Waals surface area contributed by atoms with E-state index < -0.39 is 0 Å². The Bertz CT molecular complexity index is 1070. The maximum atomic E-state index is 5.68. The van der Waals surface area contributed by atoms with Gasteiger partial charge in [-0.2, -0.15) is 0 Å². The molecule has 0 aliphatic carbocycles. The van der Waals surface area contributed by atoms with Crippen LogP contribution in [0.4, 0.5) is 11.4 Å². The maximum Gasteiger partial charge on any atom is 0.127 e. The van der Waals surface area contributed by atoms with Crippen molar-refractivity contribution >= 4 is 16.9 Å². The monoisotopic (exact) mass is 475 g/mol. The van der Waals surface area contributed by atoms with Crippen molar-refractivity contribution in [3.05, 3.63) is 76.5 Å². The molecule has 3 heteroatoms. The molecule has 0 saturated carbocycles. The second-order valence-electron chi connectivity index (χ2n) is 9.53. The van der Waals surface area contributed by atoms with Crippen LogP contribution in [0.1, 0.15) is 77.5 Å². The highest BCUT2D eigenvalue weighted by molar-refractivity contribution is 5.79. The van der Waals surface area contributed by atoms with Gasteiger partial charge in [-0.1, -0.05) is 63.5 Å². The van der Waals surface area contributed by atoms with Crippen LogP contribution in [0.15, 0.2) is 59.8 Å².